The van der Waals surface area contributed by atoms with Gasteiger partial charge in [-0.15, -0.1) is 0 Å². The summed E-state index contributed by atoms with van der Waals surface area (Å²) in [4.78, 5) is 37.6. The quantitative estimate of drug-likeness (QED) is 0.694. The van der Waals surface area contributed by atoms with Crippen molar-refractivity contribution in [3.05, 3.63) is 59.7 Å². The Kier molecular flexibility index (Phi) is 6.49. The molecule has 2 aromatic rings. The largest absolute Gasteiger partial charge is 0.497 e. The summed E-state index contributed by atoms with van der Waals surface area (Å²) >= 11 is 0. The first kappa shape index (κ1) is 20.4. The molecule has 152 valence electrons. The van der Waals surface area contributed by atoms with Crippen molar-refractivity contribution in [3.8, 4) is 5.75 Å². The Bertz CT molecular complexity index is 873. The summed E-state index contributed by atoms with van der Waals surface area (Å²) in [7, 11) is 3.24. The fraction of sp³-hybridized carbons (Fsp3) is 0.318. The highest BCUT2D eigenvalue weighted by Gasteiger charge is 2.29. The van der Waals surface area contributed by atoms with Crippen molar-refractivity contribution in [3.63, 3.8) is 0 Å². The first-order chi connectivity index (χ1) is 14.0. The summed E-state index contributed by atoms with van der Waals surface area (Å²) in [6.45, 7) is 0.0570. The number of carbonyl (C=O) groups excluding carboxylic acids is 3. The fourth-order valence-corrected chi connectivity index (χ4v) is 2.69. The lowest BCUT2D eigenvalue weighted by molar-refractivity contribution is -0.133. The molecule has 1 N–H and O–H groups in total. The lowest BCUT2D eigenvalue weighted by Crippen LogP contribution is -2.30. The van der Waals surface area contributed by atoms with Crippen LogP contribution in [-0.4, -0.2) is 43.4 Å². The fourth-order valence-electron chi connectivity index (χ4n) is 2.69. The van der Waals surface area contributed by atoms with E-state index in [1.165, 1.54) is 4.90 Å². The van der Waals surface area contributed by atoms with Crippen molar-refractivity contribution in [1.29, 1.82) is 0 Å². The highest BCUT2D eigenvalue weighted by molar-refractivity contribution is 5.95. The lowest BCUT2D eigenvalue weighted by atomic mass is 10.2. The monoisotopic (exact) mass is 396 g/mol. The number of carbonyl (C=O) groups is 3. The van der Waals surface area contributed by atoms with Crippen LogP contribution in [0, 0.1) is 5.92 Å². The van der Waals surface area contributed by atoms with E-state index in [1.54, 1.807) is 38.4 Å². The summed E-state index contributed by atoms with van der Waals surface area (Å²) in [6, 6.07) is 13.8. The minimum atomic E-state index is -0.587. The number of hydrogen-bond acceptors (Lipinski definition) is 5. The van der Waals surface area contributed by atoms with Crippen LogP contribution >= 0.6 is 0 Å². The van der Waals surface area contributed by atoms with E-state index in [4.69, 9.17) is 9.47 Å². The van der Waals surface area contributed by atoms with E-state index in [0.29, 0.717) is 17.8 Å². The van der Waals surface area contributed by atoms with Crippen LogP contribution in [-0.2, 0) is 20.9 Å². The maximum atomic E-state index is 12.2. The number of amides is 2. The van der Waals surface area contributed by atoms with E-state index in [2.05, 4.69) is 5.32 Å². The van der Waals surface area contributed by atoms with E-state index >= 15 is 0 Å². The molecule has 7 nitrogen and oxygen atoms in total. The molecule has 0 atom stereocenters. The van der Waals surface area contributed by atoms with Gasteiger partial charge in [0, 0.05) is 25.2 Å². The second-order valence-corrected chi connectivity index (χ2v) is 7.01. The zero-order valence-electron chi connectivity index (χ0n) is 16.5. The van der Waals surface area contributed by atoms with Crippen molar-refractivity contribution >= 4 is 23.5 Å². The summed E-state index contributed by atoms with van der Waals surface area (Å²) in [5, 5.41) is 2.81. The molecule has 0 bridgehead atoms. The zero-order valence-corrected chi connectivity index (χ0v) is 16.5. The van der Waals surface area contributed by atoms with Crippen LogP contribution in [0.3, 0.4) is 0 Å². The van der Waals surface area contributed by atoms with Gasteiger partial charge in [0.05, 0.1) is 12.7 Å². The minimum absolute atomic E-state index is 0.00539. The number of nitrogens with one attached hydrogen (secondary N) is 1. The average Bonchev–Trinajstić information content (AvgIpc) is 3.58. The van der Waals surface area contributed by atoms with Crippen LogP contribution in [0.5, 0.6) is 5.75 Å². The van der Waals surface area contributed by atoms with E-state index in [1.807, 2.05) is 24.3 Å². The lowest BCUT2D eigenvalue weighted by Gasteiger charge is -2.17. The molecule has 29 heavy (non-hydrogen) atoms. The van der Waals surface area contributed by atoms with Gasteiger partial charge in [0.25, 0.3) is 5.91 Å². The van der Waals surface area contributed by atoms with Gasteiger partial charge in [0.2, 0.25) is 5.91 Å². The Labute approximate surface area is 169 Å². The molecule has 0 spiro atoms. The predicted molar refractivity (Wildman–Crippen MR) is 108 cm³/mol. The molecule has 2 amide bonds. The second kappa shape index (κ2) is 9.23. The molecule has 1 aliphatic carbocycles. The molecule has 1 aliphatic rings. The summed E-state index contributed by atoms with van der Waals surface area (Å²) in [5.74, 6) is -0.0279. The number of anilines is 1. The topological polar surface area (TPSA) is 84.9 Å². The van der Waals surface area contributed by atoms with Gasteiger partial charge in [-0.2, -0.15) is 0 Å². The standard InChI is InChI=1S/C22H24N2O5/c1-24(13-15-3-11-19(28-2)12-4-15)20(25)14-29-22(27)17-7-9-18(10-8-17)23-21(26)16-5-6-16/h3-4,7-12,16H,5-6,13-14H2,1-2H3,(H,23,26). The van der Waals surface area contributed by atoms with E-state index in [0.717, 1.165) is 24.2 Å². The Morgan fingerprint density at radius 3 is 2.28 bits per heavy atom. The zero-order chi connectivity index (χ0) is 20.8. The molecule has 0 heterocycles. The Morgan fingerprint density at radius 2 is 1.69 bits per heavy atom. The molecule has 1 fully saturated rings. The van der Waals surface area contributed by atoms with Crippen molar-refractivity contribution < 1.29 is 23.9 Å². The minimum Gasteiger partial charge on any atom is -0.497 e. The highest BCUT2D eigenvalue weighted by atomic mass is 16.5. The molecule has 2 aromatic carbocycles. The second-order valence-electron chi connectivity index (χ2n) is 7.01. The molecule has 3 rings (SSSR count). The van der Waals surface area contributed by atoms with Crippen LogP contribution in [0.4, 0.5) is 5.69 Å². The van der Waals surface area contributed by atoms with Gasteiger partial charge < -0.3 is 19.7 Å². The van der Waals surface area contributed by atoms with Gasteiger partial charge in [0.15, 0.2) is 6.61 Å². The Balaban J connectivity index is 1.45. The molecule has 7 heteroatoms. The van der Waals surface area contributed by atoms with E-state index < -0.39 is 5.97 Å². The number of nitrogens with zero attached hydrogens (tertiary/aromatic N) is 1. The van der Waals surface area contributed by atoms with Crippen molar-refractivity contribution in [2.45, 2.75) is 19.4 Å². The van der Waals surface area contributed by atoms with Gasteiger partial charge in [-0.1, -0.05) is 12.1 Å². The number of ether oxygens (including phenoxy) is 2. The molecule has 0 aromatic heterocycles. The van der Waals surface area contributed by atoms with E-state index in [-0.39, 0.29) is 24.3 Å². The maximum absolute atomic E-state index is 12.2. The van der Waals surface area contributed by atoms with Gasteiger partial charge in [-0.25, -0.2) is 4.79 Å². The molecular weight excluding hydrogens is 372 g/mol. The van der Waals surface area contributed by atoms with E-state index in [9.17, 15) is 14.4 Å². The molecule has 0 radical (unpaired) electrons. The first-order valence-electron chi connectivity index (χ1n) is 9.41. The van der Waals surface area contributed by atoms with Gasteiger partial charge in [-0.05, 0) is 54.8 Å². The van der Waals surface area contributed by atoms with Crippen LogP contribution in [0.1, 0.15) is 28.8 Å². The van der Waals surface area contributed by atoms with Crippen LogP contribution in [0.25, 0.3) is 0 Å². The molecular formula is C22H24N2O5. The van der Waals surface area contributed by atoms with Gasteiger partial charge >= 0.3 is 5.97 Å². The third kappa shape index (κ3) is 5.81. The number of benzene rings is 2. The van der Waals surface area contributed by atoms with Gasteiger partial charge in [-0.3, -0.25) is 9.59 Å². The number of esters is 1. The molecule has 0 aliphatic heterocycles. The van der Waals surface area contributed by atoms with Crippen molar-refractivity contribution in [2.75, 3.05) is 26.1 Å². The summed E-state index contributed by atoms with van der Waals surface area (Å²) in [6.07, 6.45) is 1.86. The molecule has 1 saturated carbocycles. The maximum Gasteiger partial charge on any atom is 0.338 e. The van der Waals surface area contributed by atoms with Gasteiger partial charge in [0.1, 0.15) is 5.75 Å². The summed E-state index contributed by atoms with van der Waals surface area (Å²) < 4.78 is 10.2. The smallest absolute Gasteiger partial charge is 0.338 e. The average molecular weight is 396 g/mol. The van der Waals surface area contributed by atoms with Crippen molar-refractivity contribution in [2.24, 2.45) is 5.92 Å². The number of rotatable bonds is 8. The third-order valence-corrected chi connectivity index (χ3v) is 4.67. The Morgan fingerprint density at radius 1 is 1.03 bits per heavy atom. The Hall–Kier alpha value is -3.35. The molecule has 0 unspecified atom stereocenters. The number of likely N-dealkylation sites (N-methyl/N-ethyl adjacent to an activating group) is 1. The molecule has 0 saturated heterocycles. The number of hydrogen-bond donors (Lipinski definition) is 1. The first-order valence-corrected chi connectivity index (χ1v) is 9.41. The SMILES string of the molecule is COc1ccc(CN(C)C(=O)COC(=O)c2ccc(NC(=O)C3CC3)cc2)cc1. The normalized spacial score (nSPS) is 12.8. The van der Waals surface area contributed by atoms with Crippen LogP contribution in [0.2, 0.25) is 0 Å². The van der Waals surface area contributed by atoms with Crippen LogP contribution in [0.15, 0.2) is 48.5 Å². The number of methoxy groups -OCH3 is 1. The van der Waals surface area contributed by atoms with Crippen molar-refractivity contribution in [1.82, 2.24) is 4.90 Å². The summed E-state index contributed by atoms with van der Waals surface area (Å²) in [5.41, 5.74) is 1.89. The predicted octanol–water partition coefficient (Wildman–Crippen LogP) is 2.86. The third-order valence-electron chi connectivity index (χ3n) is 4.67. The van der Waals surface area contributed by atoms with Crippen LogP contribution < -0.4 is 10.1 Å². The highest BCUT2D eigenvalue weighted by Crippen LogP contribution is 2.30.